The first-order valence-electron chi connectivity index (χ1n) is 8.79. The summed E-state index contributed by atoms with van der Waals surface area (Å²) in [4.78, 5) is 0. The summed E-state index contributed by atoms with van der Waals surface area (Å²) in [5.41, 5.74) is 2.65. The van der Waals surface area contributed by atoms with Crippen LogP contribution in [0.5, 0.6) is 0 Å². The lowest BCUT2D eigenvalue weighted by atomic mass is 10.0. The zero-order valence-electron chi connectivity index (χ0n) is 13.5. The minimum absolute atomic E-state index is 0.129. The Morgan fingerprint density at radius 1 is 0.957 bits per heavy atom. The van der Waals surface area contributed by atoms with E-state index in [1.165, 1.54) is 11.1 Å². The zero-order chi connectivity index (χ0) is 15.9. The van der Waals surface area contributed by atoms with Gasteiger partial charge in [0.25, 0.3) is 0 Å². The molecule has 5 heteroatoms. The lowest BCUT2D eigenvalue weighted by molar-refractivity contribution is 0.0719. The van der Waals surface area contributed by atoms with Crippen LogP contribution in [0.4, 0.5) is 0 Å². The summed E-state index contributed by atoms with van der Waals surface area (Å²) in [5.74, 6) is 0.568. The first kappa shape index (κ1) is 15.6. The molecule has 0 aromatic heterocycles. The Labute approximate surface area is 138 Å². The van der Waals surface area contributed by atoms with Gasteiger partial charge in [0.05, 0.1) is 5.75 Å². The van der Waals surface area contributed by atoms with Gasteiger partial charge in [-0.15, -0.1) is 0 Å². The number of hydrogen-bond acceptors (Lipinski definition) is 3. The molecule has 0 bridgehead atoms. The molecule has 3 aliphatic rings. The minimum atomic E-state index is -3.18. The van der Waals surface area contributed by atoms with Crippen molar-refractivity contribution in [2.45, 2.75) is 50.6 Å². The molecule has 0 spiro atoms. The Bertz CT molecular complexity index is 638. The molecule has 0 N–H and O–H groups in total. The van der Waals surface area contributed by atoms with E-state index in [0.29, 0.717) is 19.0 Å². The van der Waals surface area contributed by atoms with E-state index in [1.807, 2.05) is 4.31 Å². The van der Waals surface area contributed by atoms with Gasteiger partial charge in [0, 0.05) is 25.3 Å². The summed E-state index contributed by atoms with van der Waals surface area (Å²) in [7, 11) is -3.18. The molecule has 0 unspecified atom stereocenters. The van der Waals surface area contributed by atoms with Crippen LogP contribution in [-0.2, 0) is 27.6 Å². The molecule has 126 valence electrons. The predicted octanol–water partition coefficient (Wildman–Crippen LogP) is 2.37. The number of ether oxygens (including phenoxy) is 1. The highest BCUT2D eigenvalue weighted by Crippen LogP contribution is 2.37. The number of fused-ring (bicyclic) bond motifs is 1. The topological polar surface area (TPSA) is 46.6 Å². The summed E-state index contributed by atoms with van der Waals surface area (Å²) in [5, 5.41) is 0. The third-order valence-corrected chi connectivity index (χ3v) is 7.54. The van der Waals surface area contributed by atoms with Gasteiger partial charge in [-0.3, -0.25) is 0 Å². The molecule has 0 radical (unpaired) electrons. The van der Waals surface area contributed by atoms with Gasteiger partial charge in [0.2, 0.25) is 10.0 Å². The first-order valence-corrected chi connectivity index (χ1v) is 10.4. The van der Waals surface area contributed by atoms with E-state index in [9.17, 15) is 8.42 Å². The van der Waals surface area contributed by atoms with E-state index in [2.05, 4.69) is 24.3 Å². The van der Waals surface area contributed by atoms with E-state index in [4.69, 9.17) is 4.74 Å². The number of sulfonamides is 1. The molecule has 2 aliphatic carbocycles. The second kappa shape index (κ2) is 6.19. The fraction of sp³-hybridized carbons (Fsp3) is 0.667. The summed E-state index contributed by atoms with van der Waals surface area (Å²) >= 11 is 0. The van der Waals surface area contributed by atoms with Crippen LogP contribution in [-0.4, -0.2) is 43.8 Å². The maximum atomic E-state index is 13.1. The van der Waals surface area contributed by atoms with Crippen molar-refractivity contribution in [1.29, 1.82) is 0 Å². The van der Waals surface area contributed by atoms with Crippen molar-refractivity contribution in [3.05, 3.63) is 35.4 Å². The first-order chi connectivity index (χ1) is 11.1. The SMILES string of the molecule is O=S(=O)(CC1CCOCC1)N(C1CC1)C1Cc2ccccc2C1. The quantitative estimate of drug-likeness (QED) is 0.830. The molecule has 4 rings (SSSR count). The molecule has 0 amide bonds. The van der Waals surface area contributed by atoms with Crippen LogP contribution >= 0.6 is 0 Å². The summed E-state index contributed by atoms with van der Waals surface area (Å²) in [6, 6.07) is 8.78. The molecule has 23 heavy (non-hydrogen) atoms. The van der Waals surface area contributed by atoms with Crippen molar-refractivity contribution >= 4 is 10.0 Å². The molecule has 1 saturated carbocycles. The lowest BCUT2D eigenvalue weighted by Gasteiger charge is -2.31. The normalized spacial score (nSPS) is 23.3. The van der Waals surface area contributed by atoms with Crippen molar-refractivity contribution in [1.82, 2.24) is 4.31 Å². The molecule has 1 aliphatic heterocycles. The van der Waals surface area contributed by atoms with E-state index in [-0.39, 0.29) is 18.0 Å². The molecule has 1 aromatic rings. The molecular formula is C18H25NO3S. The zero-order valence-corrected chi connectivity index (χ0v) is 14.3. The number of hydrogen-bond donors (Lipinski definition) is 0. The number of nitrogens with zero attached hydrogens (tertiary/aromatic N) is 1. The van der Waals surface area contributed by atoms with Gasteiger partial charge in [-0.25, -0.2) is 8.42 Å². The van der Waals surface area contributed by atoms with E-state index in [1.54, 1.807) is 0 Å². The Balaban J connectivity index is 1.52. The van der Waals surface area contributed by atoms with E-state index < -0.39 is 10.0 Å². The van der Waals surface area contributed by atoms with Crippen LogP contribution in [0.1, 0.15) is 36.8 Å². The van der Waals surface area contributed by atoms with Crippen LogP contribution in [0.25, 0.3) is 0 Å². The average Bonchev–Trinajstić information content (AvgIpc) is 3.25. The Kier molecular flexibility index (Phi) is 4.20. The Morgan fingerprint density at radius 2 is 1.57 bits per heavy atom. The molecule has 4 nitrogen and oxygen atoms in total. The molecule has 1 heterocycles. The second-order valence-electron chi connectivity index (χ2n) is 7.23. The highest BCUT2D eigenvalue weighted by molar-refractivity contribution is 7.89. The van der Waals surface area contributed by atoms with Gasteiger partial charge >= 0.3 is 0 Å². The highest BCUT2D eigenvalue weighted by Gasteiger charge is 2.44. The largest absolute Gasteiger partial charge is 0.381 e. The lowest BCUT2D eigenvalue weighted by Crippen LogP contribution is -2.45. The third-order valence-electron chi connectivity index (χ3n) is 5.40. The average molecular weight is 335 g/mol. The van der Waals surface area contributed by atoms with Crippen LogP contribution < -0.4 is 0 Å². The van der Waals surface area contributed by atoms with Crippen molar-refractivity contribution in [2.75, 3.05) is 19.0 Å². The number of rotatable bonds is 5. The predicted molar refractivity (Wildman–Crippen MR) is 89.8 cm³/mol. The molecule has 2 fully saturated rings. The standard InChI is InChI=1S/C18H25NO3S/c20-23(21,13-14-7-9-22-10-8-14)19(17-5-6-17)18-11-15-3-1-2-4-16(15)12-18/h1-4,14,17-18H,5-13H2. The molecule has 1 aromatic carbocycles. The monoisotopic (exact) mass is 335 g/mol. The molecule has 1 saturated heterocycles. The van der Waals surface area contributed by atoms with Crippen molar-refractivity contribution in [3.63, 3.8) is 0 Å². The minimum Gasteiger partial charge on any atom is -0.381 e. The second-order valence-corrected chi connectivity index (χ2v) is 9.14. The molecular weight excluding hydrogens is 310 g/mol. The van der Waals surface area contributed by atoms with E-state index >= 15 is 0 Å². The van der Waals surface area contributed by atoms with Gasteiger partial charge in [0.1, 0.15) is 0 Å². The Morgan fingerprint density at radius 3 is 2.13 bits per heavy atom. The highest BCUT2D eigenvalue weighted by atomic mass is 32.2. The van der Waals surface area contributed by atoms with Gasteiger partial charge in [0.15, 0.2) is 0 Å². The Hall–Kier alpha value is -0.910. The van der Waals surface area contributed by atoms with Crippen LogP contribution in [0.15, 0.2) is 24.3 Å². The maximum absolute atomic E-state index is 13.1. The van der Waals surface area contributed by atoms with Crippen molar-refractivity contribution < 1.29 is 13.2 Å². The fourth-order valence-corrected chi connectivity index (χ4v) is 6.46. The summed E-state index contributed by atoms with van der Waals surface area (Å²) in [6.07, 6.45) is 5.56. The van der Waals surface area contributed by atoms with Gasteiger partial charge in [-0.2, -0.15) is 4.31 Å². The van der Waals surface area contributed by atoms with Crippen LogP contribution in [0, 0.1) is 5.92 Å². The van der Waals surface area contributed by atoms with Gasteiger partial charge in [-0.05, 0) is 55.6 Å². The van der Waals surface area contributed by atoms with Gasteiger partial charge in [-0.1, -0.05) is 24.3 Å². The van der Waals surface area contributed by atoms with E-state index in [0.717, 1.165) is 38.5 Å². The van der Waals surface area contributed by atoms with Crippen molar-refractivity contribution in [3.8, 4) is 0 Å². The maximum Gasteiger partial charge on any atom is 0.214 e. The summed E-state index contributed by atoms with van der Waals surface area (Å²) < 4.78 is 33.5. The smallest absolute Gasteiger partial charge is 0.214 e. The van der Waals surface area contributed by atoms with Crippen LogP contribution in [0.2, 0.25) is 0 Å². The van der Waals surface area contributed by atoms with Crippen molar-refractivity contribution in [2.24, 2.45) is 5.92 Å². The third kappa shape index (κ3) is 3.32. The van der Waals surface area contributed by atoms with Gasteiger partial charge < -0.3 is 4.74 Å². The molecule has 0 atom stereocenters. The van der Waals surface area contributed by atoms with Crippen LogP contribution in [0.3, 0.4) is 0 Å². The number of benzene rings is 1. The fourth-order valence-electron chi connectivity index (χ4n) is 4.09. The summed E-state index contributed by atoms with van der Waals surface area (Å²) in [6.45, 7) is 1.41.